The quantitative estimate of drug-likeness (QED) is 0.442. The molecule has 0 saturated carbocycles. The zero-order chi connectivity index (χ0) is 9.14. The van der Waals surface area contributed by atoms with Crippen LogP contribution in [0.4, 0.5) is 4.79 Å². The molecule has 2 nitrogen and oxygen atoms in total. The third-order valence-corrected chi connectivity index (χ3v) is 2.57. The van der Waals surface area contributed by atoms with Crippen LogP contribution in [-0.2, 0) is 0 Å². The van der Waals surface area contributed by atoms with Crippen LogP contribution in [-0.4, -0.2) is 16.8 Å². The Morgan fingerprint density at radius 2 is 2.42 bits per heavy atom. The van der Waals surface area contributed by atoms with Crippen LogP contribution >= 0.6 is 23.2 Å². The number of allylic oxidation sites excluding steroid dienone is 1. The number of amides is 1. The Bertz CT molecular complexity index is 215. The maximum atomic E-state index is 10.8. The molecule has 1 amide bonds. The second-order valence-electron chi connectivity index (χ2n) is 3.06. The van der Waals surface area contributed by atoms with Crippen molar-refractivity contribution >= 4 is 28.6 Å². The summed E-state index contributed by atoms with van der Waals surface area (Å²) in [4.78, 5) is 12.2. The van der Waals surface area contributed by atoms with Gasteiger partial charge in [-0.2, -0.15) is 0 Å². The van der Waals surface area contributed by atoms with Crippen LogP contribution in [0.1, 0.15) is 19.8 Å². The lowest BCUT2D eigenvalue weighted by molar-refractivity contribution is 0.235. The monoisotopic (exact) mass is 207 g/mol. The largest absolute Gasteiger partial charge is 0.321 e. The van der Waals surface area contributed by atoms with Crippen LogP contribution in [0, 0.1) is 5.92 Å². The van der Waals surface area contributed by atoms with E-state index in [4.69, 9.17) is 23.2 Å². The summed E-state index contributed by atoms with van der Waals surface area (Å²) in [5.41, 5.74) is 0. The van der Waals surface area contributed by atoms with Crippen LogP contribution < -0.4 is 0 Å². The van der Waals surface area contributed by atoms with E-state index in [1.54, 1.807) is 0 Å². The third-order valence-electron chi connectivity index (χ3n) is 2.00. The summed E-state index contributed by atoms with van der Waals surface area (Å²) in [6.45, 7) is 2.75. The third kappa shape index (κ3) is 2.39. The van der Waals surface area contributed by atoms with Crippen LogP contribution in [0.15, 0.2) is 11.2 Å². The van der Waals surface area contributed by atoms with Crippen molar-refractivity contribution in [3.8, 4) is 0 Å². The molecule has 0 radical (unpaired) electrons. The van der Waals surface area contributed by atoms with E-state index in [1.165, 1.54) is 4.90 Å². The van der Waals surface area contributed by atoms with E-state index in [2.05, 4.69) is 6.92 Å². The molecule has 0 fully saturated rings. The minimum atomic E-state index is -0.495. The number of halogens is 2. The maximum Gasteiger partial charge on any atom is 0.321 e. The number of rotatable bonds is 0. The highest BCUT2D eigenvalue weighted by atomic mass is 35.5. The minimum Gasteiger partial charge on any atom is -0.289 e. The summed E-state index contributed by atoms with van der Waals surface area (Å²) >= 11 is 11.2. The van der Waals surface area contributed by atoms with Crippen molar-refractivity contribution in [1.29, 1.82) is 0 Å². The van der Waals surface area contributed by atoms with Crippen molar-refractivity contribution in [2.75, 3.05) is 6.54 Å². The van der Waals surface area contributed by atoms with E-state index < -0.39 is 5.37 Å². The van der Waals surface area contributed by atoms with Crippen molar-refractivity contribution in [1.82, 2.24) is 4.90 Å². The van der Waals surface area contributed by atoms with Crippen LogP contribution in [0.2, 0.25) is 0 Å². The second-order valence-corrected chi connectivity index (χ2v) is 3.77. The Labute approximate surface area is 82.1 Å². The van der Waals surface area contributed by atoms with Crippen LogP contribution in [0.5, 0.6) is 0 Å². The van der Waals surface area contributed by atoms with Gasteiger partial charge in [-0.25, -0.2) is 0 Å². The lowest BCUT2D eigenvalue weighted by Gasteiger charge is -2.16. The van der Waals surface area contributed by atoms with Gasteiger partial charge in [-0.15, -0.1) is 0 Å². The van der Waals surface area contributed by atoms with Gasteiger partial charge in [0.05, 0.1) is 0 Å². The molecule has 0 aromatic rings. The number of nitrogens with zero attached hydrogens (tertiary/aromatic N) is 1. The Morgan fingerprint density at radius 1 is 1.75 bits per heavy atom. The molecule has 0 spiro atoms. The van der Waals surface area contributed by atoms with E-state index >= 15 is 0 Å². The first-order valence-electron chi connectivity index (χ1n) is 3.94. The highest BCUT2D eigenvalue weighted by molar-refractivity contribution is 6.63. The van der Waals surface area contributed by atoms with E-state index in [0.29, 0.717) is 17.6 Å². The summed E-state index contributed by atoms with van der Waals surface area (Å²) in [5, 5.41) is -0.0373. The van der Waals surface area contributed by atoms with Gasteiger partial charge in [0.15, 0.2) is 0 Å². The Hall–Kier alpha value is -0.210. The fourth-order valence-electron chi connectivity index (χ4n) is 1.15. The molecule has 0 aromatic heterocycles. The highest BCUT2D eigenvalue weighted by Gasteiger charge is 2.18. The van der Waals surface area contributed by atoms with Crippen molar-refractivity contribution in [2.24, 2.45) is 5.92 Å². The number of carbonyl (C=O) groups excluding carboxylic acids is 1. The number of hydrogen-bond acceptors (Lipinski definition) is 1. The predicted octanol–water partition coefficient (Wildman–Crippen LogP) is 3.16. The zero-order valence-electron chi connectivity index (χ0n) is 6.89. The summed E-state index contributed by atoms with van der Waals surface area (Å²) in [6.07, 6.45) is 3.71. The molecule has 1 atom stereocenters. The molecule has 0 saturated heterocycles. The lowest BCUT2D eigenvalue weighted by atomic mass is 10.1. The van der Waals surface area contributed by atoms with E-state index in [0.717, 1.165) is 12.8 Å². The van der Waals surface area contributed by atoms with Crippen LogP contribution in [0.25, 0.3) is 0 Å². The molecular weight excluding hydrogens is 197 g/mol. The molecule has 12 heavy (non-hydrogen) atoms. The molecule has 0 aromatic carbocycles. The van der Waals surface area contributed by atoms with Gasteiger partial charge in [0.2, 0.25) is 0 Å². The highest BCUT2D eigenvalue weighted by Crippen LogP contribution is 2.22. The summed E-state index contributed by atoms with van der Waals surface area (Å²) in [7, 11) is 0. The van der Waals surface area contributed by atoms with Gasteiger partial charge < -0.3 is 0 Å². The van der Waals surface area contributed by atoms with E-state index in [1.807, 2.05) is 6.08 Å². The standard InChI is InChI=1S/C8H11Cl2NO/c1-6-2-3-7(9)11(5-4-6)8(10)12/h3,6H,2,4-5H2,1H3. The minimum absolute atomic E-state index is 0.458. The first-order valence-corrected chi connectivity index (χ1v) is 4.69. The SMILES string of the molecule is CC1CC=C(Cl)N(C(=O)Cl)CC1. The number of carbonyl (C=O) groups is 1. The zero-order valence-corrected chi connectivity index (χ0v) is 8.40. The molecule has 1 aliphatic rings. The molecule has 4 heteroatoms. The Balaban J connectivity index is 2.70. The molecule has 1 aliphatic heterocycles. The topological polar surface area (TPSA) is 20.3 Å². The predicted molar refractivity (Wildman–Crippen MR) is 50.3 cm³/mol. The van der Waals surface area contributed by atoms with Gasteiger partial charge in [-0.3, -0.25) is 9.69 Å². The average Bonchev–Trinajstić information content (AvgIpc) is 2.14. The Morgan fingerprint density at radius 3 is 3.00 bits per heavy atom. The summed E-state index contributed by atoms with van der Waals surface area (Å²) < 4.78 is 0. The summed E-state index contributed by atoms with van der Waals surface area (Å²) in [5.74, 6) is 0.569. The first-order chi connectivity index (χ1) is 5.61. The lowest BCUT2D eigenvalue weighted by Crippen LogP contribution is -2.23. The molecule has 1 rings (SSSR count). The average molecular weight is 208 g/mol. The van der Waals surface area contributed by atoms with Gasteiger partial charge in [-0.1, -0.05) is 18.5 Å². The fourth-order valence-corrected chi connectivity index (χ4v) is 1.62. The molecule has 0 bridgehead atoms. The smallest absolute Gasteiger partial charge is 0.289 e. The summed E-state index contributed by atoms with van der Waals surface area (Å²) in [6, 6.07) is 0. The molecule has 1 unspecified atom stereocenters. The van der Waals surface area contributed by atoms with E-state index in [-0.39, 0.29) is 0 Å². The van der Waals surface area contributed by atoms with E-state index in [9.17, 15) is 4.79 Å². The number of hydrogen-bond donors (Lipinski definition) is 0. The van der Waals surface area contributed by atoms with Gasteiger partial charge in [0.1, 0.15) is 5.16 Å². The van der Waals surface area contributed by atoms with Crippen molar-refractivity contribution in [3.05, 3.63) is 11.2 Å². The van der Waals surface area contributed by atoms with Gasteiger partial charge in [0, 0.05) is 6.54 Å². The van der Waals surface area contributed by atoms with Crippen molar-refractivity contribution in [3.63, 3.8) is 0 Å². The van der Waals surface area contributed by atoms with Crippen molar-refractivity contribution in [2.45, 2.75) is 19.8 Å². The Kier molecular flexibility index (Phi) is 3.41. The molecule has 0 aliphatic carbocycles. The molecular formula is C8H11Cl2NO. The van der Waals surface area contributed by atoms with Gasteiger partial charge >= 0.3 is 5.37 Å². The maximum absolute atomic E-state index is 10.8. The molecule has 68 valence electrons. The second kappa shape index (κ2) is 4.15. The van der Waals surface area contributed by atoms with Gasteiger partial charge in [0.25, 0.3) is 0 Å². The van der Waals surface area contributed by atoms with Crippen LogP contribution in [0.3, 0.4) is 0 Å². The molecule has 1 heterocycles. The molecule has 0 N–H and O–H groups in total. The fraction of sp³-hybridized carbons (Fsp3) is 0.625. The van der Waals surface area contributed by atoms with Crippen molar-refractivity contribution < 1.29 is 4.79 Å². The normalized spacial score (nSPS) is 24.8. The first kappa shape index (κ1) is 9.87. The van der Waals surface area contributed by atoms with Gasteiger partial charge in [-0.05, 0) is 36.4 Å².